The van der Waals surface area contributed by atoms with E-state index >= 15 is 0 Å². The van der Waals surface area contributed by atoms with Crippen LogP contribution in [0.2, 0.25) is 0 Å². The third-order valence-electron chi connectivity index (χ3n) is 1.28. The van der Waals surface area contributed by atoms with Crippen LogP contribution >= 0.6 is 11.3 Å². The smallest absolute Gasteiger partial charge is 0.169 e. The molecule has 1 heterocycles. The van der Waals surface area contributed by atoms with Gasteiger partial charge in [-0.05, 0) is 19.1 Å². The predicted molar refractivity (Wildman–Crippen MR) is 45.4 cm³/mol. The zero-order valence-corrected chi connectivity index (χ0v) is 7.07. The van der Waals surface area contributed by atoms with Crippen molar-refractivity contribution in [2.45, 2.75) is 13.5 Å². The molecule has 11 heavy (non-hydrogen) atoms. The Hall–Kier alpha value is -0.710. The van der Waals surface area contributed by atoms with E-state index < -0.39 is 0 Å². The van der Waals surface area contributed by atoms with Gasteiger partial charge in [0, 0.05) is 11.4 Å². The number of carbonyl (C=O) groups excluding carboxylic acids is 1. The molecule has 0 bridgehead atoms. The highest BCUT2D eigenvalue weighted by Crippen LogP contribution is 2.16. The average molecular weight is 170 g/mol. The monoisotopic (exact) mass is 170 g/mol. The maximum absolute atomic E-state index is 10.8. The lowest BCUT2D eigenvalue weighted by Crippen LogP contribution is -2.19. The number of Topliss-reactive ketones (excluding diaryl/α,β-unsaturated/α-hetero) is 1. The van der Waals surface area contributed by atoms with Crippen LogP contribution in [0.1, 0.15) is 21.5 Å². The van der Waals surface area contributed by atoms with Gasteiger partial charge in [0.2, 0.25) is 0 Å². The Morgan fingerprint density at radius 2 is 2.45 bits per heavy atom. The minimum absolute atomic E-state index is 0.110. The molecule has 0 saturated carbocycles. The molecule has 0 saturated heterocycles. The predicted octanol–water partition coefficient (Wildman–Crippen LogP) is 0.914. The molecule has 0 spiro atoms. The Bertz CT molecular complexity index is 257. The highest BCUT2D eigenvalue weighted by atomic mass is 32.1. The molecule has 0 radical (unpaired) electrons. The van der Waals surface area contributed by atoms with Gasteiger partial charge in [-0.15, -0.1) is 11.3 Å². The molecule has 0 aromatic carbocycles. The van der Waals surface area contributed by atoms with Crippen LogP contribution in [0.5, 0.6) is 0 Å². The van der Waals surface area contributed by atoms with Crippen LogP contribution in [-0.4, -0.2) is 5.78 Å². The number of thiophene rings is 1. The summed E-state index contributed by atoms with van der Waals surface area (Å²) in [4.78, 5) is 12.7. The zero-order chi connectivity index (χ0) is 8.27. The van der Waals surface area contributed by atoms with Gasteiger partial charge in [-0.3, -0.25) is 16.1 Å². The van der Waals surface area contributed by atoms with Crippen LogP contribution in [0.25, 0.3) is 0 Å². The Morgan fingerprint density at radius 3 is 2.91 bits per heavy atom. The molecule has 0 aliphatic rings. The van der Waals surface area contributed by atoms with Crippen LogP contribution in [0, 0.1) is 0 Å². The zero-order valence-electron chi connectivity index (χ0n) is 6.26. The van der Waals surface area contributed by atoms with Gasteiger partial charge in [-0.2, -0.15) is 0 Å². The van der Waals surface area contributed by atoms with Crippen LogP contribution in [0.4, 0.5) is 0 Å². The molecule has 3 nitrogen and oxygen atoms in total. The summed E-state index contributed by atoms with van der Waals surface area (Å²) < 4.78 is 0. The second-order valence-corrected chi connectivity index (χ2v) is 3.37. The molecule has 0 unspecified atom stereocenters. The van der Waals surface area contributed by atoms with E-state index in [1.54, 1.807) is 6.92 Å². The number of nitrogens with two attached hydrogens (primary N) is 1. The SMILES string of the molecule is CC(=O)c1ccc(CNN)s1. The van der Waals surface area contributed by atoms with Crippen molar-refractivity contribution in [1.29, 1.82) is 0 Å². The fourth-order valence-electron chi connectivity index (χ4n) is 0.763. The first kappa shape index (κ1) is 8.39. The molecule has 3 N–H and O–H groups in total. The standard InChI is InChI=1S/C7H10N2OS/c1-5(10)7-3-2-6(11-7)4-9-8/h2-3,9H,4,8H2,1H3. The van der Waals surface area contributed by atoms with Crippen LogP contribution in [-0.2, 0) is 6.54 Å². The fraction of sp³-hybridized carbons (Fsp3) is 0.286. The first-order chi connectivity index (χ1) is 5.24. The Kier molecular flexibility index (Phi) is 2.76. The number of hydrogen-bond donors (Lipinski definition) is 2. The van der Waals surface area contributed by atoms with E-state index in [2.05, 4.69) is 5.43 Å². The molecular formula is C7H10N2OS. The fourth-order valence-corrected chi connectivity index (χ4v) is 1.62. The average Bonchev–Trinajstić information content (AvgIpc) is 2.37. The summed E-state index contributed by atoms with van der Waals surface area (Å²) in [5, 5.41) is 0. The molecule has 0 amide bonds. The van der Waals surface area contributed by atoms with Crippen molar-refractivity contribution in [2.75, 3.05) is 0 Å². The van der Waals surface area contributed by atoms with E-state index in [4.69, 9.17) is 5.84 Å². The number of hydrazine groups is 1. The van der Waals surface area contributed by atoms with Gasteiger partial charge in [-0.1, -0.05) is 0 Å². The summed E-state index contributed by atoms with van der Waals surface area (Å²) in [6.45, 7) is 2.18. The van der Waals surface area contributed by atoms with Gasteiger partial charge in [-0.25, -0.2) is 0 Å². The van der Waals surface area contributed by atoms with E-state index in [1.807, 2.05) is 12.1 Å². The summed E-state index contributed by atoms with van der Waals surface area (Å²) in [7, 11) is 0. The molecular weight excluding hydrogens is 160 g/mol. The molecule has 1 aromatic heterocycles. The molecule has 4 heteroatoms. The van der Waals surface area contributed by atoms with E-state index in [1.165, 1.54) is 11.3 Å². The number of hydrogen-bond acceptors (Lipinski definition) is 4. The first-order valence-electron chi connectivity index (χ1n) is 3.27. The van der Waals surface area contributed by atoms with Crippen LogP contribution < -0.4 is 11.3 Å². The van der Waals surface area contributed by atoms with Gasteiger partial charge in [0.25, 0.3) is 0 Å². The lowest BCUT2D eigenvalue weighted by molar-refractivity contribution is 0.102. The summed E-state index contributed by atoms with van der Waals surface area (Å²) in [5.41, 5.74) is 2.54. The van der Waals surface area contributed by atoms with Gasteiger partial charge < -0.3 is 0 Å². The van der Waals surface area contributed by atoms with Gasteiger partial charge >= 0.3 is 0 Å². The summed E-state index contributed by atoms with van der Waals surface area (Å²) in [6.07, 6.45) is 0. The summed E-state index contributed by atoms with van der Waals surface area (Å²) in [5.74, 6) is 5.23. The lowest BCUT2D eigenvalue weighted by Gasteiger charge is -1.91. The van der Waals surface area contributed by atoms with Crippen LogP contribution in [0.15, 0.2) is 12.1 Å². The number of ketones is 1. The maximum atomic E-state index is 10.8. The van der Waals surface area contributed by atoms with Crippen molar-refractivity contribution in [1.82, 2.24) is 5.43 Å². The highest BCUT2D eigenvalue weighted by molar-refractivity contribution is 7.14. The number of nitrogens with one attached hydrogen (secondary N) is 1. The summed E-state index contributed by atoms with van der Waals surface area (Å²) >= 11 is 1.47. The molecule has 1 aromatic rings. The second-order valence-electron chi connectivity index (χ2n) is 2.20. The van der Waals surface area contributed by atoms with E-state index in [9.17, 15) is 4.79 Å². The quantitative estimate of drug-likeness (QED) is 0.403. The third-order valence-corrected chi connectivity index (χ3v) is 2.47. The Labute approximate surface area is 69.2 Å². The minimum Gasteiger partial charge on any atom is -0.294 e. The lowest BCUT2D eigenvalue weighted by atomic mass is 10.3. The second kappa shape index (κ2) is 3.61. The molecule has 0 aliphatic carbocycles. The molecule has 0 atom stereocenters. The molecule has 60 valence electrons. The van der Waals surface area contributed by atoms with Gasteiger partial charge in [0.15, 0.2) is 5.78 Å². The molecule has 0 fully saturated rings. The summed E-state index contributed by atoms with van der Waals surface area (Å²) in [6, 6.07) is 3.72. The van der Waals surface area contributed by atoms with Gasteiger partial charge in [0.1, 0.15) is 0 Å². The van der Waals surface area contributed by atoms with E-state index in [0.717, 1.165) is 9.75 Å². The number of carbonyl (C=O) groups is 1. The third kappa shape index (κ3) is 2.11. The van der Waals surface area contributed by atoms with Crippen molar-refractivity contribution in [3.05, 3.63) is 21.9 Å². The van der Waals surface area contributed by atoms with E-state index in [-0.39, 0.29) is 5.78 Å². The van der Waals surface area contributed by atoms with E-state index in [0.29, 0.717) is 6.54 Å². The number of rotatable bonds is 3. The topological polar surface area (TPSA) is 55.1 Å². The first-order valence-corrected chi connectivity index (χ1v) is 4.09. The minimum atomic E-state index is 0.110. The van der Waals surface area contributed by atoms with Crippen molar-refractivity contribution < 1.29 is 4.79 Å². The Morgan fingerprint density at radius 1 is 1.73 bits per heavy atom. The van der Waals surface area contributed by atoms with Crippen molar-refractivity contribution in [2.24, 2.45) is 5.84 Å². The van der Waals surface area contributed by atoms with Crippen molar-refractivity contribution >= 4 is 17.1 Å². The highest BCUT2D eigenvalue weighted by Gasteiger charge is 2.02. The van der Waals surface area contributed by atoms with Crippen molar-refractivity contribution in [3.63, 3.8) is 0 Å². The molecule has 0 aliphatic heterocycles. The molecule has 1 rings (SSSR count). The van der Waals surface area contributed by atoms with Crippen LogP contribution in [0.3, 0.4) is 0 Å². The van der Waals surface area contributed by atoms with Gasteiger partial charge in [0.05, 0.1) is 4.88 Å². The maximum Gasteiger partial charge on any atom is 0.169 e. The largest absolute Gasteiger partial charge is 0.294 e. The normalized spacial score (nSPS) is 10.0. The Balaban J connectivity index is 2.73. The van der Waals surface area contributed by atoms with Crippen molar-refractivity contribution in [3.8, 4) is 0 Å².